The van der Waals surface area contributed by atoms with Crippen LogP contribution in [-0.2, 0) is 4.79 Å². The molecule has 1 unspecified atom stereocenters. The second-order valence-corrected chi connectivity index (χ2v) is 6.57. The van der Waals surface area contributed by atoms with Crippen LogP contribution in [0.25, 0.3) is 10.9 Å². The number of nitrogens with zero attached hydrogens (tertiary/aromatic N) is 2. The number of piperidine rings is 1. The topological polar surface area (TPSA) is 88.3 Å². The molecule has 0 saturated carbocycles. The van der Waals surface area contributed by atoms with Gasteiger partial charge in [0.05, 0.1) is 22.0 Å². The second kappa shape index (κ2) is 10.7. The summed E-state index contributed by atoms with van der Waals surface area (Å²) in [4.78, 5) is 31.2. The lowest BCUT2D eigenvalue weighted by Crippen LogP contribution is -2.46. The number of pyridine rings is 1. The molecule has 2 amide bonds. The molecule has 1 atom stereocenters. The Bertz CT molecular complexity index is 803. The molecule has 0 bridgehead atoms. The van der Waals surface area contributed by atoms with Crippen molar-refractivity contribution < 1.29 is 9.59 Å². The van der Waals surface area contributed by atoms with Gasteiger partial charge in [-0.25, -0.2) is 0 Å². The maximum atomic E-state index is 13.0. The molecule has 0 spiro atoms. The zero-order valence-electron chi connectivity index (χ0n) is 14.7. The molecule has 2 aromatic rings. The number of fused-ring (bicyclic) bond motifs is 1. The van der Waals surface area contributed by atoms with Gasteiger partial charge < -0.3 is 16.0 Å². The lowest BCUT2D eigenvalue weighted by Gasteiger charge is -2.32. The summed E-state index contributed by atoms with van der Waals surface area (Å²) in [7, 11) is 0. The van der Waals surface area contributed by atoms with Gasteiger partial charge in [-0.05, 0) is 37.1 Å². The molecule has 6 nitrogen and oxygen atoms in total. The fourth-order valence-electron chi connectivity index (χ4n) is 3.20. The van der Waals surface area contributed by atoms with Gasteiger partial charge in [-0.1, -0.05) is 11.6 Å². The van der Waals surface area contributed by atoms with Crippen LogP contribution in [0, 0.1) is 5.92 Å². The van der Waals surface area contributed by atoms with E-state index in [0.29, 0.717) is 42.3 Å². The Morgan fingerprint density at radius 1 is 1.30 bits per heavy atom. The average Bonchev–Trinajstić information content (AvgIpc) is 2.66. The van der Waals surface area contributed by atoms with Crippen LogP contribution in [0.5, 0.6) is 0 Å². The van der Waals surface area contributed by atoms with E-state index in [1.165, 1.54) is 0 Å². The van der Waals surface area contributed by atoms with Crippen LogP contribution in [0.2, 0.25) is 5.02 Å². The van der Waals surface area contributed by atoms with Crippen LogP contribution < -0.4 is 11.1 Å². The molecule has 1 aromatic heterocycles. The molecule has 1 aromatic carbocycles. The SMILES string of the molecule is Cl.Cl.NCCNC(=O)C1CCCN(C(=O)c2ccc(Cl)c3cccnc23)C1. The molecule has 0 radical (unpaired) electrons. The molecule has 1 fully saturated rings. The highest BCUT2D eigenvalue weighted by molar-refractivity contribution is 6.36. The molecule has 1 saturated heterocycles. The van der Waals surface area contributed by atoms with E-state index in [0.717, 1.165) is 18.2 Å². The van der Waals surface area contributed by atoms with Gasteiger partial charge in [-0.15, -0.1) is 24.8 Å². The number of rotatable bonds is 4. The molecule has 0 aliphatic carbocycles. The van der Waals surface area contributed by atoms with Crippen LogP contribution in [0.4, 0.5) is 0 Å². The smallest absolute Gasteiger partial charge is 0.256 e. The van der Waals surface area contributed by atoms with Gasteiger partial charge in [0.2, 0.25) is 5.91 Å². The van der Waals surface area contributed by atoms with Crippen molar-refractivity contribution in [2.24, 2.45) is 11.7 Å². The summed E-state index contributed by atoms with van der Waals surface area (Å²) in [6, 6.07) is 7.06. The lowest BCUT2D eigenvalue weighted by atomic mass is 9.96. The van der Waals surface area contributed by atoms with Gasteiger partial charge >= 0.3 is 0 Å². The van der Waals surface area contributed by atoms with Crippen LogP contribution >= 0.6 is 36.4 Å². The van der Waals surface area contributed by atoms with E-state index < -0.39 is 0 Å². The van der Waals surface area contributed by atoms with E-state index in [2.05, 4.69) is 10.3 Å². The van der Waals surface area contributed by atoms with E-state index in [4.69, 9.17) is 17.3 Å². The van der Waals surface area contributed by atoms with Gasteiger partial charge in [0.1, 0.15) is 0 Å². The number of carbonyl (C=O) groups excluding carboxylic acids is 2. The first-order valence-corrected chi connectivity index (χ1v) is 8.80. The fourth-order valence-corrected chi connectivity index (χ4v) is 3.41. The largest absolute Gasteiger partial charge is 0.355 e. The normalized spacial score (nSPS) is 16.2. The number of likely N-dealkylation sites (tertiary alicyclic amines) is 1. The monoisotopic (exact) mass is 432 g/mol. The predicted octanol–water partition coefficient (Wildman–Crippen LogP) is 2.66. The molecule has 9 heteroatoms. The highest BCUT2D eigenvalue weighted by Gasteiger charge is 2.29. The third-order valence-corrected chi connectivity index (χ3v) is 4.80. The minimum Gasteiger partial charge on any atom is -0.355 e. The third-order valence-electron chi connectivity index (χ3n) is 4.47. The number of halogens is 3. The van der Waals surface area contributed by atoms with Gasteiger partial charge in [-0.3, -0.25) is 14.6 Å². The summed E-state index contributed by atoms with van der Waals surface area (Å²) in [6.45, 7) is 1.90. The van der Waals surface area contributed by atoms with Gasteiger partial charge in [0, 0.05) is 37.8 Å². The number of nitrogens with two attached hydrogens (primary N) is 1. The van der Waals surface area contributed by atoms with E-state index in [1.54, 1.807) is 29.3 Å². The Labute approximate surface area is 175 Å². The Morgan fingerprint density at radius 3 is 2.81 bits per heavy atom. The van der Waals surface area contributed by atoms with Crippen molar-refractivity contribution >= 4 is 59.1 Å². The quantitative estimate of drug-likeness (QED) is 0.776. The number of benzene rings is 1. The fraction of sp³-hybridized carbons (Fsp3) is 0.389. The maximum Gasteiger partial charge on any atom is 0.256 e. The summed E-state index contributed by atoms with van der Waals surface area (Å²) in [5.41, 5.74) is 6.53. The minimum atomic E-state index is -0.198. The lowest BCUT2D eigenvalue weighted by molar-refractivity contribution is -0.126. The number of hydrogen-bond donors (Lipinski definition) is 2. The van der Waals surface area contributed by atoms with Crippen molar-refractivity contribution in [3.8, 4) is 0 Å². The highest BCUT2D eigenvalue weighted by atomic mass is 35.5. The Kier molecular flexibility index (Phi) is 9.26. The van der Waals surface area contributed by atoms with Crippen molar-refractivity contribution in [2.45, 2.75) is 12.8 Å². The Morgan fingerprint density at radius 2 is 2.07 bits per heavy atom. The van der Waals surface area contributed by atoms with E-state index in [9.17, 15) is 9.59 Å². The van der Waals surface area contributed by atoms with Gasteiger partial charge in [0.15, 0.2) is 0 Å². The number of hydrogen-bond acceptors (Lipinski definition) is 4. The molecule has 2 heterocycles. The first-order chi connectivity index (χ1) is 12.1. The van der Waals surface area contributed by atoms with Crippen LogP contribution in [0.15, 0.2) is 30.5 Å². The van der Waals surface area contributed by atoms with Crippen molar-refractivity contribution in [2.75, 3.05) is 26.2 Å². The zero-order valence-corrected chi connectivity index (χ0v) is 17.1. The van der Waals surface area contributed by atoms with Gasteiger partial charge in [-0.2, -0.15) is 0 Å². The number of aromatic nitrogens is 1. The van der Waals surface area contributed by atoms with E-state index in [-0.39, 0.29) is 42.5 Å². The van der Waals surface area contributed by atoms with Crippen molar-refractivity contribution in [1.82, 2.24) is 15.2 Å². The van der Waals surface area contributed by atoms with Crippen LogP contribution in [-0.4, -0.2) is 47.9 Å². The zero-order chi connectivity index (χ0) is 17.8. The average molecular weight is 434 g/mol. The predicted molar refractivity (Wildman–Crippen MR) is 112 cm³/mol. The standard InChI is InChI=1S/C18H21ClN4O2.2ClH/c19-15-6-5-14(16-13(15)4-1-8-21-16)18(25)23-10-2-3-12(11-23)17(24)22-9-7-20;;/h1,4-6,8,12H,2-3,7,9-11,20H2,(H,22,24);2*1H. The first-order valence-electron chi connectivity index (χ1n) is 8.42. The Balaban J connectivity index is 0.00000182. The molecule has 1 aliphatic rings. The van der Waals surface area contributed by atoms with Crippen LogP contribution in [0.3, 0.4) is 0 Å². The maximum absolute atomic E-state index is 13.0. The van der Waals surface area contributed by atoms with E-state index >= 15 is 0 Å². The van der Waals surface area contributed by atoms with Crippen molar-refractivity contribution in [3.05, 3.63) is 41.0 Å². The third kappa shape index (κ3) is 5.23. The summed E-state index contributed by atoms with van der Waals surface area (Å²) in [5, 5.41) is 4.13. The summed E-state index contributed by atoms with van der Waals surface area (Å²) in [6.07, 6.45) is 3.22. The summed E-state index contributed by atoms with van der Waals surface area (Å²) >= 11 is 6.20. The highest BCUT2D eigenvalue weighted by Crippen LogP contribution is 2.27. The number of amides is 2. The molecule has 27 heavy (non-hydrogen) atoms. The molecular weight excluding hydrogens is 411 g/mol. The van der Waals surface area contributed by atoms with Crippen LogP contribution in [0.1, 0.15) is 23.2 Å². The molecule has 1 aliphatic heterocycles. The molecule has 3 rings (SSSR count). The summed E-state index contributed by atoms with van der Waals surface area (Å²) < 4.78 is 0. The molecular formula is C18H23Cl3N4O2. The summed E-state index contributed by atoms with van der Waals surface area (Å²) in [5.74, 6) is -0.352. The first kappa shape index (κ1) is 23.4. The van der Waals surface area contributed by atoms with Gasteiger partial charge in [0.25, 0.3) is 5.91 Å². The number of nitrogens with one attached hydrogen (secondary N) is 1. The Hall–Kier alpha value is -1.60. The van der Waals surface area contributed by atoms with Crippen molar-refractivity contribution in [1.29, 1.82) is 0 Å². The number of carbonyl (C=O) groups is 2. The molecule has 3 N–H and O–H groups in total. The van der Waals surface area contributed by atoms with E-state index in [1.807, 2.05) is 6.07 Å². The molecule has 148 valence electrons. The second-order valence-electron chi connectivity index (χ2n) is 6.16. The minimum absolute atomic E-state index is 0. The van der Waals surface area contributed by atoms with Crippen molar-refractivity contribution in [3.63, 3.8) is 0 Å².